The van der Waals surface area contributed by atoms with Crippen molar-refractivity contribution in [2.75, 3.05) is 11.9 Å². The van der Waals surface area contributed by atoms with E-state index in [2.05, 4.69) is 26.8 Å². The van der Waals surface area contributed by atoms with E-state index >= 15 is 0 Å². The van der Waals surface area contributed by atoms with Gasteiger partial charge in [-0.15, -0.1) is 6.54 Å². The Morgan fingerprint density at radius 1 is 1.58 bits per heavy atom. The third kappa shape index (κ3) is 4.50. The summed E-state index contributed by atoms with van der Waals surface area (Å²) in [6.45, 7) is 4.30. The quantitative estimate of drug-likeness (QED) is 0.582. The van der Waals surface area contributed by atoms with E-state index in [1.165, 1.54) is 12.3 Å². The maximum absolute atomic E-state index is 13.4. The fraction of sp³-hybridized carbons (Fsp3) is 0.333. The molecule has 0 fully saturated rings. The Kier molecular flexibility index (Phi) is 6.94. The summed E-state index contributed by atoms with van der Waals surface area (Å²) >= 11 is 0. The van der Waals surface area contributed by atoms with Crippen molar-refractivity contribution in [1.29, 1.82) is 0 Å². The second kappa shape index (κ2) is 8.96. The van der Waals surface area contributed by atoms with E-state index in [0.29, 0.717) is 30.0 Å². The molecular formula is C18H20FMnN5O. The van der Waals surface area contributed by atoms with Crippen molar-refractivity contribution in [3.8, 4) is 0 Å². The van der Waals surface area contributed by atoms with Crippen LogP contribution < -0.4 is 10.6 Å². The molecule has 0 aliphatic heterocycles. The average Bonchev–Trinajstić information content (AvgIpc) is 3.03. The standard InChI is InChI=1S/C18H20FN5O.Mn/c1-3-8-20-18(25)15-11-21-24-9-7-16(23-17(15)24)22-12(2)13-5-4-6-14(19)10-13;/h3-4,6-7,9,11-13H,8,10H2,1-2H3,(H,20,25)(H,22,23);/q-2;+2/t12-,13?;/m1./s1. The van der Waals surface area contributed by atoms with Gasteiger partial charge < -0.3 is 17.1 Å². The van der Waals surface area contributed by atoms with Gasteiger partial charge in [-0.25, -0.2) is 20.0 Å². The summed E-state index contributed by atoms with van der Waals surface area (Å²) in [5.74, 6) is 0.161. The minimum Gasteiger partial charge on any atom is -0.382 e. The molecule has 0 saturated carbocycles. The second-order valence-electron chi connectivity index (χ2n) is 5.95. The summed E-state index contributed by atoms with van der Waals surface area (Å²) < 4.78 is 15.0. The van der Waals surface area contributed by atoms with Gasteiger partial charge in [-0.05, 0) is 19.4 Å². The van der Waals surface area contributed by atoms with E-state index in [0.717, 1.165) is 0 Å². The number of anilines is 1. The van der Waals surface area contributed by atoms with Gasteiger partial charge in [-0.3, -0.25) is 10.9 Å². The Morgan fingerprint density at radius 2 is 2.38 bits per heavy atom. The van der Waals surface area contributed by atoms with Crippen molar-refractivity contribution >= 4 is 17.4 Å². The van der Waals surface area contributed by atoms with Crippen molar-refractivity contribution < 1.29 is 26.3 Å². The van der Waals surface area contributed by atoms with Gasteiger partial charge in [0.2, 0.25) is 0 Å². The van der Waals surface area contributed by atoms with E-state index in [9.17, 15) is 9.18 Å². The van der Waals surface area contributed by atoms with E-state index in [-0.39, 0.29) is 40.8 Å². The molecule has 0 aromatic carbocycles. The average molecular weight is 396 g/mol. The van der Waals surface area contributed by atoms with Gasteiger partial charge in [0.05, 0.1) is 6.20 Å². The Morgan fingerprint density at radius 3 is 3.12 bits per heavy atom. The number of hydrogen-bond donors (Lipinski definition) is 2. The van der Waals surface area contributed by atoms with Crippen LogP contribution >= 0.6 is 0 Å². The van der Waals surface area contributed by atoms with Crippen molar-refractivity contribution in [2.24, 2.45) is 5.92 Å². The molecule has 0 spiro atoms. The van der Waals surface area contributed by atoms with Crippen LogP contribution in [-0.4, -0.2) is 33.1 Å². The van der Waals surface area contributed by atoms with Crippen LogP contribution in [0.5, 0.6) is 0 Å². The number of rotatable bonds is 6. The zero-order valence-corrected chi connectivity index (χ0v) is 15.7. The first-order chi connectivity index (χ1) is 12.1. The molecule has 2 N–H and O–H groups in total. The molecule has 8 heteroatoms. The summed E-state index contributed by atoms with van der Waals surface area (Å²) in [6, 6.07) is 1.72. The fourth-order valence-electron chi connectivity index (χ4n) is 2.65. The van der Waals surface area contributed by atoms with Gasteiger partial charge in [-0.2, -0.15) is 18.1 Å². The van der Waals surface area contributed by atoms with E-state index in [1.807, 2.05) is 20.3 Å². The van der Waals surface area contributed by atoms with Gasteiger partial charge in [0.1, 0.15) is 11.4 Å². The van der Waals surface area contributed by atoms with Crippen LogP contribution in [0.15, 0.2) is 36.4 Å². The maximum Gasteiger partial charge on any atom is 2.00 e. The van der Waals surface area contributed by atoms with Crippen LogP contribution in [0.25, 0.3) is 5.65 Å². The first-order valence-corrected chi connectivity index (χ1v) is 8.19. The predicted octanol–water partition coefficient (Wildman–Crippen LogP) is 2.71. The maximum atomic E-state index is 13.4. The van der Waals surface area contributed by atoms with E-state index < -0.39 is 0 Å². The first-order valence-electron chi connectivity index (χ1n) is 8.19. The van der Waals surface area contributed by atoms with Gasteiger partial charge in [-0.1, -0.05) is 5.92 Å². The molecule has 1 radical (unpaired) electrons. The Labute approximate surface area is 162 Å². The normalized spacial score (nSPS) is 17.3. The molecule has 2 atom stereocenters. The molecule has 137 valence electrons. The number of amides is 1. The second-order valence-corrected chi connectivity index (χ2v) is 5.95. The number of nitrogens with one attached hydrogen (secondary N) is 2. The van der Waals surface area contributed by atoms with Crippen molar-refractivity contribution in [3.05, 3.63) is 54.5 Å². The molecule has 2 aromatic heterocycles. The number of nitrogens with zero attached hydrogens (tertiary/aromatic N) is 3. The summed E-state index contributed by atoms with van der Waals surface area (Å²) in [4.78, 5) is 16.7. The molecule has 2 heterocycles. The fourth-order valence-corrected chi connectivity index (χ4v) is 2.65. The summed E-state index contributed by atoms with van der Waals surface area (Å²) in [7, 11) is 0. The zero-order chi connectivity index (χ0) is 17.8. The minimum absolute atomic E-state index is 0. The molecule has 1 unspecified atom stereocenters. The molecule has 6 nitrogen and oxygen atoms in total. The van der Waals surface area contributed by atoms with Gasteiger partial charge in [0.25, 0.3) is 5.91 Å². The number of fused-ring (bicyclic) bond motifs is 1. The Balaban J connectivity index is 0.00000243. The zero-order valence-electron chi connectivity index (χ0n) is 14.5. The van der Waals surface area contributed by atoms with Crippen LogP contribution in [-0.2, 0) is 17.1 Å². The molecule has 1 amide bonds. The van der Waals surface area contributed by atoms with Crippen LogP contribution in [0.2, 0.25) is 0 Å². The number of allylic oxidation sites excluding steroid dienone is 3. The van der Waals surface area contributed by atoms with Crippen LogP contribution in [0, 0.1) is 18.4 Å². The molecule has 1 aliphatic rings. The van der Waals surface area contributed by atoms with E-state index in [4.69, 9.17) is 0 Å². The third-order valence-corrected chi connectivity index (χ3v) is 4.05. The topological polar surface area (TPSA) is 71.3 Å². The number of hydrogen-bond acceptors (Lipinski definition) is 4. The predicted molar refractivity (Wildman–Crippen MR) is 93.5 cm³/mol. The molecule has 0 bridgehead atoms. The number of halogens is 1. The molecule has 3 rings (SSSR count). The third-order valence-electron chi connectivity index (χ3n) is 4.05. The smallest absolute Gasteiger partial charge is 0.382 e. The first kappa shape index (κ1) is 20.1. The monoisotopic (exact) mass is 396 g/mol. The number of carbonyl (C=O) groups excluding carboxylic acids is 1. The van der Waals surface area contributed by atoms with Gasteiger partial charge in [0.15, 0.2) is 5.65 Å². The van der Waals surface area contributed by atoms with Crippen LogP contribution in [0.1, 0.15) is 30.6 Å². The molecule has 0 saturated heterocycles. The number of aromatic nitrogens is 3. The van der Waals surface area contributed by atoms with Gasteiger partial charge >= 0.3 is 17.1 Å². The van der Waals surface area contributed by atoms with E-state index in [1.54, 1.807) is 22.9 Å². The SMILES string of the molecule is C[CH-]CNC(=O)c1cnn2ccc(N[C@H](C)C3[C-]=CC=C(F)C3)nc12.[Mn+2]. The summed E-state index contributed by atoms with van der Waals surface area (Å²) in [6.07, 6.45) is 11.6. The van der Waals surface area contributed by atoms with Gasteiger partial charge in [0, 0.05) is 18.1 Å². The van der Waals surface area contributed by atoms with Crippen molar-refractivity contribution in [2.45, 2.75) is 26.3 Å². The van der Waals surface area contributed by atoms with Crippen molar-refractivity contribution in [3.63, 3.8) is 0 Å². The Bertz CT molecular complexity index is 832. The van der Waals surface area contributed by atoms with Crippen LogP contribution in [0.4, 0.5) is 10.2 Å². The number of carbonyl (C=O) groups is 1. The Hall–Kier alpha value is -2.18. The summed E-state index contributed by atoms with van der Waals surface area (Å²) in [5, 5.41) is 10.2. The summed E-state index contributed by atoms with van der Waals surface area (Å²) in [5.41, 5.74) is 0.885. The minimum atomic E-state index is -0.221. The molecule has 1 aliphatic carbocycles. The largest absolute Gasteiger partial charge is 2.00 e. The van der Waals surface area contributed by atoms with Crippen LogP contribution in [0.3, 0.4) is 0 Å². The molecule has 2 aromatic rings. The molecule has 26 heavy (non-hydrogen) atoms. The van der Waals surface area contributed by atoms with Crippen molar-refractivity contribution in [1.82, 2.24) is 19.9 Å². The molecular weight excluding hydrogens is 376 g/mol.